The van der Waals surface area contributed by atoms with Gasteiger partial charge in [-0.15, -0.1) is 0 Å². The molecule has 1 atom stereocenters. The highest BCUT2D eigenvalue weighted by molar-refractivity contribution is 5.69. The molecule has 0 rings (SSSR count). The molecule has 1 N–H and O–H groups in total. The van der Waals surface area contributed by atoms with Crippen molar-refractivity contribution in [2.45, 2.75) is 136 Å². The van der Waals surface area contributed by atoms with Crippen LogP contribution >= 0.6 is 0 Å². The fraction of sp³-hybridized carbons (Fsp3) is 0.957. The number of carbonyl (C=O) groups excluding carboxylic acids is 1. The quantitative estimate of drug-likeness (QED) is 0.149. The van der Waals surface area contributed by atoms with Gasteiger partial charge in [-0.3, -0.25) is 4.79 Å². The molecule has 0 heterocycles. The van der Waals surface area contributed by atoms with Crippen LogP contribution in [-0.4, -0.2) is 17.4 Å². The van der Waals surface area contributed by atoms with E-state index in [1.807, 2.05) is 0 Å². The molecule has 156 valence electrons. The summed E-state index contributed by atoms with van der Waals surface area (Å²) >= 11 is 0. The van der Waals surface area contributed by atoms with Crippen LogP contribution in [0.4, 0.5) is 0 Å². The molecule has 0 saturated carbocycles. The maximum absolute atomic E-state index is 11.6. The van der Waals surface area contributed by atoms with Gasteiger partial charge in [0.05, 0.1) is 0 Å². The second kappa shape index (κ2) is 19.2. The smallest absolute Gasteiger partial charge is 0.308 e. The van der Waals surface area contributed by atoms with Gasteiger partial charge in [0.1, 0.15) is 0 Å². The van der Waals surface area contributed by atoms with Crippen LogP contribution in [-0.2, 0) is 9.53 Å². The molecular formula is C23H46O3. The maximum Gasteiger partial charge on any atom is 0.308 e. The average molecular weight is 371 g/mol. The van der Waals surface area contributed by atoms with E-state index in [4.69, 9.17) is 4.74 Å². The summed E-state index contributed by atoms with van der Waals surface area (Å²) in [5.41, 5.74) is 0. The minimum atomic E-state index is -0.905. The second-order valence-corrected chi connectivity index (χ2v) is 8.26. The third-order valence-corrected chi connectivity index (χ3v) is 4.98. The molecule has 0 bridgehead atoms. The van der Waals surface area contributed by atoms with Crippen molar-refractivity contribution in [3.05, 3.63) is 0 Å². The van der Waals surface area contributed by atoms with Gasteiger partial charge in [-0.1, -0.05) is 104 Å². The van der Waals surface area contributed by atoms with Gasteiger partial charge in [0.25, 0.3) is 0 Å². The van der Waals surface area contributed by atoms with Crippen molar-refractivity contribution in [3.8, 4) is 0 Å². The molecule has 3 heteroatoms. The van der Waals surface area contributed by atoms with E-state index in [1.165, 1.54) is 70.6 Å². The maximum atomic E-state index is 11.6. The lowest BCUT2D eigenvalue weighted by molar-refractivity contribution is -0.168. The first-order valence-corrected chi connectivity index (χ1v) is 11.4. The highest BCUT2D eigenvalue weighted by Gasteiger charge is 2.09. The summed E-state index contributed by atoms with van der Waals surface area (Å²) in [7, 11) is 0. The summed E-state index contributed by atoms with van der Waals surface area (Å²) in [6.07, 6.45) is 19.0. The van der Waals surface area contributed by atoms with E-state index >= 15 is 0 Å². The number of ether oxygens (including phenoxy) is 1. The summed E-state index contributed by atoms with van der Waals surface area (Å²) in [6.45, 7) is 6.68. The average Bonchev–Trinajstić information content (AvgIpc) is 2.59. The van der Waals surface area contributed by atoms with Gasteiger partial charge in [-0.25, -0.2) is 0 Å². The van der Waals surface area contributed by atoms with Crippen molar-refractivity contribution in [3.63, 3.8) is 0 Å². The van der Waals surface area contributed by atoms with E-state index in [0.29, 0.717) is 12.8 Å². The number of esters is 1. The predicted octanol–water partition coefficient (Wildman–Crippen LogP) is 7.16. The molecule has 3 nitrogen and oxygen atoms in total. The summed E-state index contributed by atoms with van der Waals surface area (Å²) < 4.78 is 4.99. The van der Waals surface area contributed by atoms with E-state index in [9.17, 15) is 9.90 Å². The Kier molecular flexibility index (Phi) is 18.8. The number of unbranched alkanes of at least 4 members (excludes halogenated alkanes) is 12. The monoisotopic (exact) mass is 370 g/mol. The molecular weight excluding hydrogens is 324 g/mol. The summed E-state index contributed by atoms with van der Waals surface area (Å²) in [4.78, 5) is 11.6. The molecule has 0 saturated heterocycles. The molecule has 0 aromatic rings. The largest absolute Gasteiger partial charge is 0.436 e. The Balaban J connectivity index is 3.20. The Morgan fingerprint density at radius 3 is 1.65 bits per heavy atom. The van der Waals surface area contributed by atoms with E-state index in [2.05, 4.69) is 20.8 Å². The molecule has 0 spiro atoms. The third-order valence-electron chi connectivity index (χ3n) is 4.98. The molecule has 0 aliphatic carbocycles. The lowest BCUT2D eigenvalue weighted by Crippen LogP contribution is -2.17. The Bertz CT molecular complexity index is 302. The molecule has 26 heavy (non-hydrogen) atoms. The number of aliphatic hydroxyl groups is 1. The number of hydrogen-bond acceptors (Lipinski definition) is 3. The lowest BCUT2D eigenvalue weighted by atomic mass is 10.0. The highest BCUT2D eigenvalue weighted by Crippen LogP contribution is 2.14. The van der Waals surface area contributed by atoms with Gasteiger partial charge < -0.3 is 9.84 Å². The fourth-order valence-corrected chi connectivity index (χ4v) is 3.24. The van der Waals surface area contributed by atoms with Gasteiger partial charge in [-0.05, 0) is 18.8 Å². The molecule has 0 amide bonds. The van der Waals surface area contributed by atoms with Crippen LogP contribution in [0.15, 0.2) is 0 Å². The van der Waals surface area contributed by atoms with E-state index in [1.54, 1.807) is 0 Å². The van der Waals surface area contributed by atoms with Gasteiger partial charge in [-0.2, -0.15) is 0 Å². The van der Waals surface area contributed by atoms with Crippen molar-refractivity contribution in [2.24, 2.45) is 5.92 Å². The predicted molar refractivity (Wildman–Crippen MR) is 111 cm³/mol. The first-order chi connectivity index (χ1) is 12.6. The Labute approximate surface area is 163 Å². The van der Waals surface area contributed by atoms with Gasteiger partial charge >= 0.3 is 5.97 Å². The van der Waals surface area contributed by atoms with Crippen LogP contribution < -0.4 is 0 Å². The second-order valence-electron chi connectivity index (χ2n) is 8.26. The third kappa shape index (κ3) is 19.8. The zero-order valence-electron chi connectivity index (χ0n) is 17.9. The van der Waals surface area contributed by atoms with Gasteiger partial charge in [0, 0.05) is 12.8 Å². The summed E-state index contributed by atoms with van der Waals surface area (Å²) in [6, 6.07) is 0. The van der Waals surface area contributed by atoms with Gasteiger partial charge in [0.2, 0.25) is 6.29 Å². The zero-order chi connectivity index (χ0) is 19.5. The van der Waals surface area contributed by atoms with E-state index < -0.39 is 6.29 Å². The van der Waals surface area contributed by atoms with Crippen LogP contribution in [0.25, 0.3) is 0 Å². The van der Waals surface area contributed by atoms with Crippen molar-refractivity contribution < 1.29 is 14.6 Å². The van der Waals surface area contributed by atoms with Gasteiger partial charge in [0.15, 0.2) is 0 Å². The fourth-order valence-electron chi connectivity index (χ4n) is 3.24. The molecule has 0 radical (unpaired) electrons. The minimum Gasteiger partial charge on any atom is -0.436 e. The standard InChI is InChI=1S/C23H46O3/c1-4-5-19-22(24)26-23(25)20-17-15-13-11-9-7-6-8-10-12-14-16-18-21(2)3/h21-22,24H,4-20H2,1-3H3. The number of rotatable bonds is 19. The molecule has 0 aliphatic rings. The molecule has 0 aromatic heterocycles. The lowest BCUT2D eigenvalue weighted by Gasteiger charge is -2.11. The van der Waals surface area contributed by atoms with E-state index in [-0.39, 0.29) is 5.97 Å². The van der Waals surface area contributed by atoms with Crippen LogP contribution in [0.1, 0.15) is 130 Å². The first kappa shape index (κ1) is 25.4. The normalized spacial score (nSPS) is 12.5. The number of hydrogen-bond donors (Lipinski definition) is 1. The van der Waals surface area contributed by atoms with Crippen molar-refractivity contribution in [1.82, 2.24) is 0 Å². The zero-order valence-corrected chi connectivity index (χ0v) is 17.9. The van der Waals surface area contributed by atoms with Crippen LogP contribution in [0.2, 0.25) is 0 Å². The number of carbonyl (C=O) groups is 1. The van der Waals surface area contributed by atoms with E-state index in [0.717, 1.165) is 31.6 Å². The number of aliphatic hydroxyl groups excluding tert-OH is 1. The SMILES string of the molecule is CCCCC(O)OC(=O)CCCCCCCCCCCCCCC(C)C. The van der Waals surface area contributed by atoms with Crippen molar-refractivity contribution in [1.29, 1.82) is 0 Å². The Morgan fingerprint density at radius 2 is 1.19 bits per heavy atom. The first-order valence-electron chi connectivity index (χ1n) is 11.4. The van der Waals surface area contributed by atoms with Crippen LogP contribution in [0.5, 0.6) is 0 Å². The highest BCUT2D eigenvalue weighted by atomic mass is 16.6. The van der Waals surface area contributed by atoms with Crippen molar-refractivity contribution >= 4 is 5.97 Å². The minimum absolute atomic E-state index is 0.248. The topological polar surface area (TPSA) is 46.5 Å². The molecule has 0 fully saturated rings. The summed E-state index contributed by atoms with van der Waals surface area (Å²) in [5.74, 6) is 0.611. The van der Waals surface area contributed by atoms with Crippen LogP contribution in [0, 0.1) is 5.92 Å². The Hall–Kier alpha value is -0.570. The summed E-state index contributed by atoms with van der Waals surface area (Å²) in [5, 5.41) is 9.53. The molecule has 0 aliphatic heterocycles. The Morgan fingerprint density at radius 1 is 0.731 bits per heavy atom. The molecule has 1 unspecified atom stereocenters. The molecule has 0 aromatic carbocycles. The van der Waals surface area contributed by atoms with Crippen molar-refractivity contribution in [2.75, 3.05) is 0 Å². The van der Waals surface area contributed by atoms with Crippen LogP contribution in [0.3, 0.4) is 0 Å².